The molecule has 0 heterocycles. The second kappa shape index (κ2) is 6.26. The van der Waals surface area contributed by atoms with Crippen LogP contribution in [0.2, 0.25) is 0 Å². The number of benzene rings is 2. The Balaban J connectivity index is 2.45. The molecule has 1 atom stereocenters. The molecular weight excluding hydrogens is 337 g/mol. The number of halogens is 2. The van der Waals surface area contributed by atoms with Gasteiger partial charge in [0.05, 0.1) is 7.11 Å². The van der Waals surface area contributed by atoms with Gasteiger partial charge in [-0.2, -0.15) is 0 Å². The van der Waals surface area contributed by atoms with Gasteiger partial charge in [0, 0.05) is 10.2 Å². The monoisotopic (exact) mass is 351 g/mol. The van der Waals surface area contributed by atoms with Gasteiger partial charge < -0.3 is 10.1 Å². The van der Waals surface area contributed by atoms with Crippen molar-refractivity contribution in [3.05, 3.63) is 64.4 Å². The van der Waals surface area contributed by atoms with Crippen LogP contribution in [-0.4, -0.2) is 13.1 Å². The Morgan fingerprint density at radius 2 is 1.81 bits per heavy atom. The van der Waals surface area contributed by atoms with Crippen molar-refractivity contribution >= 4 is 27.6 Å². The molecule has 0 aromatic heterocycles. The summed E-state index contributed by atoms with van der Waals surface area (Å²) in [5.74, 6) is -0.809. The highest BCUT2D eigenvalue weighted by molar-refractivity contribution is 9.10. The number of carbonyl (C=O) groups is 1. The largest absolute Gasteiger partial charge is 0.467 e. The van der Waals surface area contributed by atoms with Crippen LogP contribution in [0.5, 0.6) is 0 Å². The van der Waals surface area contributed by atoms with E-state index in [1.54, 1.807) is 19.1 Å². The Labute approximate surface area is 131 Å². The maximum atomic E-state index is 13.1. The highest BCUT2D eigenvalue weighted by atomic mass is 79.9. The summed E-state index contributed by atoms with van der Waals surface area (Å²) in [6, 6.07) is 13.2. The van der Waals surface area contributed by atoms with Crippen LogP contribution in [0.3, 0.4) is 0 Å². The zero-order chi connectivity index (χ0) is 15.5. The molecule has 0 radical (unpaired) electrons. The van der Waals surface area contributed by atoms with Crippen LogP contribution in [0.25, 0.3) is 0 Å². The Morgan fingerprint density at radius 3 is 2.38 bits per heavy atom. The molecule has 0 amide bonds. The average molecular weight is 352 g/mol. The van der Waals surface area contributed by atoms with Crippen LogP contribution < -0.4 is 5.32 Å². The van der Waals surface area contributed by atoms with Gasteiger partial charge in [-0.15, -0.1) is 0 Å². The van der Waals surface area contributed by atoms with E-state index < -0.39 is 11.5 Å². The molecule has 1 unspecified atom stereocenters. The van der Waals surface area contributed by atoms with Gasteiger partial charge in [0.25, 0.3) is 0 Å². The first-order chi connectivity index (χ1) is 9.97. The third kappa shape index (κ3) is 3.24. The molecule has 3 nitrogen and oxygen atoms in total. The summed E-state index contributed by atoms with van der Waals surface area (Å²) in [6.07, 6.45) is 0. The Morgan fingerprint density at radius 1 is 1.19 bits per heavy atom. The lowest BCUT2D eigenvalue weighted by Gasteiger charge is -2.30. The lowest BCUT2D eigenvalue weighted by atomic mass is 9.91. The van der Waals surface area contributed by atoms with Gasteiger partial charge in [-0.05, 0) is 52.7 Å². The minimum Gasteiger partial charge on any atom is -0.467 e. The summed E-state index contributed by atoms with van der Waals surface area (Å²) >= 11 is 3.43. The van der Waals surface area contributed by atoms with Crippen LogP contribution in [0, 0.1) is 5.82 Å². The predicted octanol–water partition coefficient (Wildman–Crippen LogP) is 4.09. The van der Waals surface area contributed by atoms with Crippen molar-refractivity contribution < 1.29 is 13.9 Å². The first kappa shape index (κ1) is 15.5. The minimum atomic E-state index is -1.12. The van der Waals surface area contributed by atoms with Crippen LogP contribution in [0.4, 0.5) is 10.1 Å². The number of esters is 1. The SMILES string of the molecule is COC(=O)C(C)(Nc1ccccc1Br)c1ccc(F)cc1. The average Bonchev–Trinajstić information content (AvgIpc) is 2.49. The number of hydrogen-bond donors (Lipinski definition) is 1. The second-order valence-corrected chi connectivity index (χ2v) is 5.58. The minimum absolute atomic E-state index is 0.355. The van der Waals surface area contributed by atoms with Crippen molar-refractivity contribution in [3.8, 4) is 0 Å². The molecule has 0 aliphatic heterocycles. The summed E-state index contributed by atoms with van der Waals surface area (Å²) in [5, 5.41) is 3.17. The molecule has 2 rings (SSSR count). The first-order valence-electron chi connectivity index (χ1n) is 6.34. The highest BCUT2D eigenvalue weighted by Crippen LogP contribution is 2.31. The van der Waals surface area contributed by atoms with E-state index in [1.807, 2.05) is 24.3 Å². The summed E-state index contributed by atoms with van der Waals surface area (Å²) in [4.78, 5) is 12.2. The van der Waals surface area contributed by atoms with E-state index in [1.165, 1.54) is 19.2 Å². The number of hydrogen-bond acceptors (Lipinski definition) is 3. The van der Waals surface area contributed by atoms with Crippen LogP contribution in [0.15, 0.2) is 53.0 Å². The summed E-state index contributed by atoms with van der Waals surface area (Å²) in [5.41, 5.74) is 0.244. The zero-order valence-corrected chi connectivity index (χ0v) is 13.3. The molecule has 0 spiro atoms. The summed E-state index contributed by atoms with van der Waals surface area (Å²) in [6.45, 7) is 1.70. The third-order valence-corrected chi connectivity index (χ3v) is 3.97. The Bertz CT molecular complexity index is 645. The van der Waals surface area contributed by atoms with Gasteiger partial charge in [0.15, 0.2) is 5.54 Å². The standard InChI is InChI=1S/C16H15BrFNO2/c1-16(15(20)21-2,11-7-9-12(18)10-8-11)19-14-6-4-3-5-13(14)17/h3-10,19H,1-2H3. The molecule has 2 aromatic carbocycles. The van der Waals surface area contributed by atoms with Crippen LogP contribution >= 0.6 is 15.9 Å². The number of methoxy groups -OCH3 is 1. The Hall–Kier alpha value is -1.88. The first-order valence-corrected chi connectivity index (χ1v) is 7.14. The van der Waals surface area contributed by atoms with E-state index in [-0.39, 0.29) is 5.82 Å². The van der Waals surface area contributed by atoms with E-state index >= 15 is 0 Å². The van der Waals surface area contributed by atoms with E-state index in [0.717, 1.165) is 10.2 Å². The smallest absolute Gasteiger partial charge is 0.335 e. The molecule has 2 aromatic rings. The topological polar surface area (TPSA) is 38.3 Å². The maximum absolute atomic E-state index is 13.1. The van der Waals surface area contributed by atoms with Crippen molar-refractivity contribution in [1.29, 1.82) is 0 Å². The van der Waals surface area contributed by atoms with Crippen molar-refractivity contribution in [2.45, 2.75) is 12.5 Å². The van der Waals surface area contributed by atoms with Gasteiger partial charge in [0.2, 0.25) is 0 Å². The molecule has 0 saturated heterocycles. The number of anilines is 1. The predicted molar refractivity (Wildman–Crippen MR) is 83.5 cm³/mol. The molecule has 1 N–H and O–H groups in total. The number of para-hydroxylation sites is 1. The lowest BCUT2D eigenvalue weighted by Crippen LogP contribution is -2.41. The number of rotatable bonds is 4. The third-order valence-electron chi connectivity index (χ3n) is 3.27. The fraction of sp³-hybridized carbons (Fsp3) is 0.188. The molecule has 0 aliphatic carbocycles. The molecule has 0 fully saturated rings. The molecule has 110 valence electrons. The van der Waals surface area contributed by atoms with E-state index in [4.69, 9.17) is 4.74 Å². The van der Waals surface area contributed by atoms with Crippen LogP contribution in [-0.2, 0) is 15.1 Å². The lowest BCUT2D eigenvalue weighted by molar-refractivity contribution is -0.145. The summed E-state index contributed by atoms with van der Waals surface area (Å²) in [7, 11) is 1.33. The number of carbonyl (C=O) groups excluding carboxylic acids is 1. The molecule has 5 heteroatoms. The van der Waals surface area contributed by atoms with Gasteiger partial charge in [-0.3, -0.25) is 0 Å². The molecule has 21 heavy (non-hydrogen) atoms. The number of ether oxygens (including phenoxy) is 1. The number of nitrogens with one attached hydrogen (secondary N) is 1. The van der Waals surface area contributed by atoms with Gasteiger partial charge in [0.1, 0.15) is 5.82 Å². The van der Waals surface area contributed by atoms with Gasteiger partial charge >= 0.3 is 5.97 Å². The van der Waals surface area contributed by atoms with E-state index in [2.05, 4.69) is 21.2 Å². The molecule has 0 aliphatic rings. The summed E-state index contributed by atoms with van der Waals surface area (Å²) < 4.78 is 18.8. The van der Waals surface area contributed by atoms with Crippen molar-refractivity contribution in [1.82, 2.24) is 0 Å². The van der Waals surface area contributed by atoms with Crippen molar-refractivity contribution in [3.63, 3.8) is 0 Å². The van der Waals surface area contributed by atoms with Crippen molar-refractivity contribution in [2.24, 2.45) is 0 Å². The zero-order valence-electron chi connectivity index (χ0n) is 11.7. The highest BCUT2D eigenvalue weighted by Gasteiger charge is 2.36. The quantitative estimate of drug-likeness (QED) is 0.843. The fourth-order valence-electron chi connectivity index (χ4n) is 2.06. The molecule has 0 bridgehead atoms. The van der Waals surface area contributed by atoms with Gasteiger partial charge in [-0.1, -0.05) is 24.3 Å². The Kier molecular flexibility index (Phi) is 4.63. The van der Waals surface area contributed by atoms with Crippen LogP contribution in [0.1, 0.15) is 12.5 Å². The fourth-order valence-corrected chi connectivity index (χ4v) is 2.44. The maximum Gasteiger partial charge on any atom is 0.335 e. The van der Waals surface area contributed by atoms with Gasteiger partial charge in [-0.25, -0.2) is 9.18 Å². The molecule has 0 saturated carbocycles. The second-order valence-electron chi connectivity index (χ2n) is 4.73. The van der Waals surface area contributed by atoms with Crippen molar-refractivity contribution in [2.75, 3.05) is 12.4 Å². The van der Waals surface area contributed by atoms with E-state index in [0.29, 0.717) is 5.56 Å². The molecular formula is C16H15BrFNO2. The van der Waals surface area contributed by atoms with E-state index in [9.17, 15) is 9.18 Å². The normalized spacial score (nSPS) is 13.3.